The Morgan fingerprint density at radius 3 is 2.44 bits per heavy atom. The number of ether oxygens (including phenoxy) is 1. The average Bonchev–Trinajstić information content (AvgIpc) is 2.91. The summed E-state index contributed by atoms with van der Waals surface area (Å²) in [6.45, 7) is 6.33. The van der Waals surface area contributed by atoms with Crippen LogP contribution in [0, 0.1) is 6.92 Å². The van der Waals surface area contributed by atoms with Crippen molar-refractivity contribution in [1.29, 1.82) is 0 Å². The predicted octanol–water partition coefficient (Wildman–Crippen LogP) is 5.77. The van der Waals surface area contributed by atoms with Gasteiger partial charge in [-0.1, -0.05) is 60.2 Å². The Balaban J connectivity index is 1.70. The van der Waals surface area contributed by atoms with Crippen LogP contribution in [-0.2, 0) is 6.42 Å². The van der Waals surface area contributed by atoms with Gasteiger partial charge in [-0.25, -0.2) is 0 Å². The van der Waals surface area contributed by atoms with Crippen LogP contribution in [0.5, 0.6) is 5.75 Å². The first-order valence-electron chi connectivity index (χ1n) is 13.0. The second kappa shape index (κ2) is 12.4. The topological polar surface area (TPSA) is 49.9 Å². The van der Waals surface area contributed by atoms with Crippen LogP contribution in [0.25, 0.3) is 0 Å². The second-order valence-corrected chi connectivity index (χ2v) is 9.46. The minimum atomic E-state index is -0.174. The number of fused-ring (bicyclic) bond motifs is 1. The molecule has 188 valence electrons. The Kier molecular flexibility index (Phi) is 8.77. The Labute approximate surface area is 214 Å². The number of nitrogens with zero attached hydrogens (tertiary/aromatic N) is 2. The summed E-state index contributed by atoms with van der Waals surface area (Å²) in [6.07, 6.45) is 3.40. The molecule has 0 aromatic heterocycles. The summed E-state index contributed by atoms with van der Waals surface area (Å²) in [7, 11) is 0. The molecule has 1 aliphatic rings. The van der Waals surface area contributed by atoms with Crippen LogP contribution in [0.3, 0.4) is 0 Å². The molecule has 1 heterocycles. The van der Waals surface area contributed by atoms with Crippen molar-refractivity contribution in [2.45, 2.75) is 45.6 Å². The lowest BCUT2D eigenvalue weighted by Crippen LogP contribution is -2.45. The maximum Gasteiger partial charge on any atom is 0.257 e. The van der Waals surface area contributed by atoms with Gasteiger partial charge in [-0.05, 0) is 69.4 Å². The SMILES string of the molecule is CCN1CCCCCN(C(=O)c2cccc(C)c2)[C@@H](Cc2ccccc2)COc2ccccc2C1=O. The molecule has 0 aliphatic carbocycles. The highest BCUT2D eigenvalue weighted by atomic mass is 16.5. The van der Waals surface area contributed by atoms with Crippen molar-refractivity contribution in [2.75, 3.05) is 26.2 Å². The molecule has 5 nitrogen and oxygen atoms in total. The summed E-state index contributed by atoms with van der Waals surface area (Å²) in [4.78, 5) is 31.0. The number of benzene rings is 3. The number of carbonyl (C=O) groups excluding carboxylic acids is 2. The number of carbonyl (C=O) groups is 2. The Hall–Kier alpha value is -3.60. The number of amides is 2. The van der Waals surface area contributed by atoms with Gasteiger partial charge >= 0.3 is 0 Å². The van der Waals surface area contributed by atoms with Crippen LogP contribution in [-0.4, -0.2) is 53.9 Å². The summed E-state index contributed by atoms with van der Waals surface area (Å²) in [5.41, 5.74) is 3.49. The summed E-state index contributed by atoms with van der Waals surface area (Å²) < 4.78 is 6.35. The molecule has 1 atom stereocenters. The first-order chi connectivity index (χ1) is 17.6. The lowest BCUT2D eigenvalue weighted by Gasteiger charge is -2.32. The number of rotatable bonds is 4. The largest absolute Gasteiger partial charge is 0.491 e. The zero-order valence-electron chi connectivity index (χ0n) is 21.4. The molecule has 3 aromatic carbocycles. The molecular formula is C31H36N2O3. The molecule has 4 rings (SSSR count). The van der Waals surface area contributed by atoms with E-state index in [-0.39, 0.29) is 17.9 Å². The molecule has 0 spiro atoms. The van der Waals surface area contributed by atoms with Gasteiger partial charge in [-0.15, -0.1) is 0 Å². The van der Waals surface area contributed by atoms with Crippen LogP contribution in [0.15, 0.2) is 78.9 Å². The van der Waals surface area contributed by atoms with E-state index in [1.54, 1.807) is 0 Å². The van der Waals surface area contributed by atoms with E-state index in [0.717, 1.165) is 30.4 Å². The molecule has 0 N–H and O–H groups in total. The average molecular weight is 485 g/mol. The molecule has 0 unspecified atom stereocenters. The van der Waals surface area contributed by atoms with Crippen LogP contribution in [0.4, 0.5) is 0 Å². The highest BCUT2D eigenvalue weighted by molar-refractivity contribution is 5.97. The van der Waals surface area contributed by atoms with Crippen LogP contribution >= 0.6 is 0 Å². The number of hydrogen-bond acceptors (Lipinski definition) is 3. The highest BCUT2D eigenvalue weighted by Crippen LogP contribution is 2.23. The number of aryl methyl sites for hydroxylation is 1. The fourth-order valence-corrected chi connectivity index (χ4v) is 4.83. The minimum Gasteiger partial charge on any atom is -0.491 e. The van der Waals surface area contributed by atoms with Gasteiger partial charge < -0.3 is 14.5 Å². The van der Waals surface area contributed by atoms with Gasteiger partial charge in [0.2, 0.25) is 0 Å². The van der Waals surface area contributed by atoms with Gasteiger partial charge in [-0.2, -0.15) is 0 Å². The van der Waals surface area contributed by atoms with E-state index in [1.807, 2.05) is 90.4 Å². The molecular weight excluding hydrogens is 448 g/mol. The summed E-state index contributed by atoms with van der Waals surface area (Å²) in [5.74, 6) is 0.596. The lowest BCUT2D eigenvalue weighted by atomic mass is 10.0. The second-order valence-electron chi connectivity index (χ2n) is 9.46. The van der Waals surface area contributed by atoms with Crippen molar-refractivity contribution in [3.63, 3.8) is 0 Å². The standard InChI is InChI=1S/C31H36N2O3/c1-3-32-19-10-5-11-20-33(30(34)26-16-12-13-24(2)21-26)27(22-25-14-6-4-7-15-25)23-36-29-18-9-8-17-28(29)31(32)35/h4,6-9,12-18,21,27H,3,5,10-11,19-20,22-23H2,1-2H3/t27-/m0/s1. The first-order valence-corrected chi connectivity index (χ1v) is 13.0. The van der Waals surface area contributed by atoms with E-state index < -0.39 is 0 Å². The van der Waals surface area contributed by atoms with E-state index >= 15 is 0 Å². The summed E-state index contributed by atoms with van der Waals surface area (Å²) >= 11 is 0. The molecule has 0 saturated heterocycles. The molecule has 3 aromatic rings. The van der Waals surface area contributed by atoms with E-state index in [0.29, 0.717) is 49.5 Å². The van der Waals surface area contributed by atoms with Crippen molar-refractivity contribution in [3.05, 3.63) is 101 Å². The van der Waals surface area contributed by atoms with Gasteiger partial charge in [0, 0.05) is 25.2 Å². The third kappa shape index (κ3) is 6.34. The lowest BCUT2D eigenvalue weighted by molar-refractivity contribution is 0.0605. The van der Waals surface area contributed by atoms with Crippen LogP contribution in [0.2, 0.25) is 0 Å². The molecule has 0 saturated carbocycles. The number of hydrogen-bond donors (Lipinski definition) is 0. The van der Waals surface area contributed by atoms with Crippen molar-refractivity contribution in [1.82, 2.24) is 9.80 Å². The molecule has 0 fully saturated rings. The first kappa shape index (κ1) is 25.5. The fraction of sp³-hybridized carbons (Fsp3) is 0.355. The van der Waals surface area contributed by atoms with E-state index in [1.165, 1.54) is 0 Å². The molecule has 5 heteroatoms. The Morgan fingerprint density at radius 1 is 0.917 bits per heavy atom. The molecule has 2 amide bonds. The van der Waals surface area contributed by atoms with Crippen LogP contribution in [0.1, 0.15) is 58.0 Å². The van der Waals surface area contributed by atoms with E-state index in [4.69, 9.17) is 4.74 Å². The van der Waals surface area contributed by atoms with Crippen molar-refractivity contribution in [3.8, 4) is 5.75 Å². The molecule has 36 heavy (non-hydrogen) atoms. The Bertz CT molecular complexity index is 1160. The van der Waals surface area contributed by atoms with Crippen molar-refractivity contribution < 1.29 is 14.3 Å². The maximum absolute atomic E-state index is 13.8. The normalized spacial score (nSPS) is 17.3. The smallest absolute Gasteiger partial charge is 0.257 e. The zero-order chi connectivity index (χ0) is 25.3. The molecule has 1 aliphatic heterocycles. The van der Waals surface area contributed by atoms with Crippen molar-refractivity contribution in [2.24, 2.45) is 0 Å². The van der Waals surface area contributed by atoms with Gasteiger partial charge in [0.25, 0.3) is 11.8 Å². The minimum absolute atomic E-state index is 0.000324. The quantitative estimate of drug-likeness (QED) is 0.472. The van der Waals surface area contributed by atoms with E-state index in [2.05, 4.69) is 12.1 Å². The van der Waals surface area contributed by atoms with Crippen molar-refractivity contribution >= 4 is 11.8 Å². The van der Waals surface area contributed by atoms with Gasteiger partial charge in [-0.3, -0.25) is 9.59 Å². The fourth-order valence-electron chi connectivity index (χ4n) is 4.83. The Morgan fingerprint density at radius 2 is 1.67 bits per heavy atom. The highest BCUT2D eigenvalue weighted by Gasteiger charge is 2.27. The van der Waals surface area contributed by atoms with Crippen LogP contribution < -0.4 is 4.74 Å². The summed E-state index contributed by atoms with van der Waals surface area (Å²) in [6, 6.07) is 25.3. The number of para-hydroxylation sites is 1. The molecule has 0 bridgehead atoms. The van der Waals surface area contributed by atoms with Gasteiger partial charge in [0.1, 0.15) is 12.4 Å². The third-order valence-electron chi connectivity index (χ3n) is 6.83. The predicted molar refractivity (Wildman–Crippen MR) is 144 cm³/mol. The maximum atomic E-state index is 13.8. The zero-order valence-corrected chi connectivity index (χ0v) is 21.4. The molecule has 0 radical (unpaired) electrons. The monoisotopic (exact) mass is 484 g/mol. The van der Waals surface area contributed by atoms with Gasteiger partial charge in [0.15, 0.2) is 0 Å². The van der Waals surface area contributed by atoms with Gasteiger partial charge in [0.05, 0.1) is 11.6 Å². The van der Waals surface area contributed by atoms with E-state index in [9.17, 15) is 9.59 Å². The summed E-state index contributed by atoms with van der Waals surface area (Å²) in [5, 5.41) is 0. The third-order valence-corrected chi connectivity index (χ3v) is 6.83.